The Morgan fingerprint density at radius 1 is 1.25 bits per heavy atom. The van der Waals surface area contributed by atoms with E-state index in [0.29, 0.717) is 24.3 Å². The minimum atomic E-state index is -0.709. The zero-order valence-electron chi connectivity index (χ0n) is 12.7. The predicted molar refractivity (Wildman–Crippen MR) is 86.0 cm³/mol. The Balaban J connectivity index is 1.75. The van der Waals surface area contributed by atoms with Gasteiger partial charge in [-0.25, -0.2) is 0 Å². The molecule has 24 heavy (non-hydrogen) atoms. The Morgan fingerprint density at radius 2 is 2.08 bits per heavy atom. The maximum Gasteiger partial charge on any atom is 0.433 e. The van der Waals surface area contributed by atoms with Crippen LogP contribution in [0.2, 0.25) is 0 Å². The van der Waals surface area contributed by atoms with Crippen LogP contribution in [0.5, 0.6) is 0 Å². The summed E-state index contributed by atoms with van der Waals surface area (Å²) >= 11 is 0. The summed E-state index contributed by atoms with van der Waals surface area (Å²) in [7, 11) is 0. The summed E-state index contributed by atoms with van der Waals surface area (Å²) in [6.07, 6.45) is 2.36. The van der Waals surface area contributed by atoms with E-state index in [1.807, 2.05) is 0 Å². The molecule has 8 nitrogen and oxygen atoms in total. The Kier molecular flexibility index (Phi) is 4.28. The molecule has 2 aromatic rings. The summed E-state index contributed by atoms with van der Waals surface area (Å²) in [5, 5.41) is 13.2. The van der Waals surface area contributed by atoms with Crippen LogP contribution in [0.3, 0.4) is 0 Å². The quantitative estimate of drug-likeness (QED) is 0.685. The summed E-state index contributed by atoms with van der Waals surface area (Å²) in [5.41, 5.74) is 1.19. The molecular weight excluding hydrogens is 314 g/mol. The van der Waals surface area contributed by atoms with Gasteiger partial charge < -0.3 is 14.6 Å². The van der Waals surface area contributed by atoms with Crippen LogP contribution in [0.4, 0.5) is 17.3 Å². The molecule has 124 valence electrons. The van der Waals surface area contributed by atoms with E-state index in [9.17, 15) is 19.7 Å². The third-order valence-electron chi connectivity index (χ3n) is 3.73. The normalized spacial score (nSPS) is 14.5. The van der Waals surface area contributed by atoms with Crippen LogP contribution in [0.15, 0.2) is 40.8 Å². The number of benzene rings is 1. The van der Waals surface area contributed by atoms with Gasteiger partial charge in [0.1, 0.15) is 4.92 Å². The van der Waals surface area contributed by atoms with E-state index in [-0.39, 0.29) is 11.7 Å². The number of piperidine rings is 1. The molecule has 1 saturated heterocycles. The van der Waals surface area contributed by atoms with Gasteiger partial charge in [-0.1, -0.05) is 6.07 Å². The minimum absolute atomic E-state index is 0.0615. The van der Waals surface area contributed by atoms with Gasteiger partial charge in [0.25, 0.3) is 5.91 Å². The summed E-state index contributed by atoms with van der Waals surface area (Å²) < 4.78 is 4.87. The average Bonchev–Trinajstić information content (AvgIpc) is 3.06. The van der Waals surface area contributed by atoms with Crippen molar-refractivity contribution in [1.29, 1.82) is 0 Å². The second-order valence-corrected chi connectivity index (χ2v) is 5.40. The van der Waals surface area contributed by atoms with Crippen LogP contribution < -0.4 is 10.2 Å². The number of anilines is 2. The van der Waals surface area contributed by atoms with Crippen molar-refractivity contribution in [3.8, 4) is 0 Å². The van der Waals surface area contributed by atoms with Crippen molar-refractivity contribution in [3.63, 3.8) is 0 Å². The van der Waals surface area contributed by atoms with Crippen LogP contribution in [0.1, 0.15) is 29.8 Å². The lowest BCUT2D eigenvalue weighted by atomic mass is 10.1. The van der Waals surface area contributed by atoms with Gasteiger partial charge in [-0.3, -0.25) is 19.7 Å². The van der Waals surface area contributed by atoms with Gasteiger partial charge in [-0.15, -0.1) is 0 Å². The van der Waals surface area contributed by atoms with Crippen LogP contribution in [0, 0.1) is 10.1 Å². The van der Waals surface area contributed by atoms with Gasteiger partial charge >= 0.3 is 5.88 Å². The second kappa shape index (κ2) is 6.53. The molecule has 0 saturated carbocycles. The van der Waals surface area contributed by atoms with Crippen molar-refractivity contribution in [2.24, 2.45) is 0 Å². The number of hydrogen-bond acceptors (Lipinski definition) is 5. The van der Waals surface area contributed by atoms with Crippen LogP contribution in [0.25, 0.3) is 0 Å². The lowest BCUT2D eigenvalue weighted by Crippen LogP contribution is -2.35. The summed E-state index contributed by atoms with van der Waals surface area (Å²) in [6.45, 7) is 0.653. The van der Waals surface area contributed by atoms with Crippen LogP contribution in [-0.4, -0.2) is 23.3 Å². The van der Waals surface area contributed by atoms with Crippen molar-refractivity contribution >= 4 is 29.1 Å². The minimum Gasteiger partial charge on any atom is -0.395 e. The van der Waals surface area contributed by atoms with E-state index in [1.54, 1.807) is 29.2 Å². The van der Waals surface area contributed by atoms with E-state index in [4.69, 9.17) is 4.42 Å². The first-order valence-corrected chi connectivity index (χ1v) is 7.50. The molecule has 0 unspecified atom stereocenters. The smallest absolute Gasteiger partial charge is 0.395 e. The fourth-order valence-corrected chi connectivity index (χ4v) is 2.57. The monoisotopic (exact) mass is 329 g/mol. The Labute approximate surface area is 137 Å². The van der Waals surface area contributed by atoms with Gasteiger partial charge in [0.15, 0.2) is 5.76 Å². The van der Waals surface area contributed by atoms with Gasteiger partial charge in [0.05, 0.1) is 6.07 Å². The number of nitrogens with zero attached hydrogens (tertiary/aromatic N) is 2. The fraction of sp³-hybridized carbons (Fsp3) is 0.250. The summed E-state index contributed by atoms with van der Waals surface area (Å²) in [5.74, 6) is -1.18. The summed E-state index contributed by atoms with van der Waals surface area (Å²) in [4.78, 5) is 35.6. The van der Waals surface area contributed by atoms with Crippen LogP contribution >= 0.6 is 0 Å². The van der Waals surface area contributed by atoms with E-state index < -0.39 is 16.7 Å². The second-order valence-electron chi connectivity index (χ2n) is 5.40. The Bertz CT molecular complexity index is 799. The first kappa shape index (κ1) is 15.7. The highest BCUT2D eigenvalue weighted by Gasteiger charge is 2.21. The largest absolute Gasteiger partial charge is 0.433 e. The van der Waals surface area contributed by atoms with E-state index in [2.05, 4.69) is 5.32 Å². The van der Waals surface area contributed by atoms with Crippen LogP contribution in [-0.2, 0) is 4.79 Å². The lowest BCUT2D eigenvalue weighted by Gasteiger charge is -2.27. The van der Waals surface area contributed by atoms with E-state index in [1.165, 1.54) is 6.07 Å². The number of nitrogens with one attached hydrogen (secondary N) is 1. The van der Waals surface area contributed by atoms with Gasteiger partial charge in [-0.05, 0) is 37.1 Å². The maximum absolute atomic E-state index is 12.1. The Hall–Kier alpha value is -3.16. The molecule has 1 aromatic heterocycles. The third-order valence-corrected chi connectivity index (χ3v) is 3.73. The highest BCUT2D eigenvalue weighted by molar-refractivity contribution is 6.03. The molecule has 0 spiro atoms. The molecule has 3 rings (SSSR count). The lowest BCUT2D eigenvalue weighted by molar-refractivity contribution is -0.402. The molecule has 0 bridgehead atoms. The highest BCUT2D eigenvalue weighted by Crippen LogP contribution is 2.24. The van der Waals surface area contributed by atoms with Gasteiger partial charge in [0.2, 0.25) is 5.91 Å². The Morgan fingerprint density at radius 3 is 2.79 bits per heavy atom. The maximum atomic E-state index is 12.1. The number of carbonyl (C=O) groups is 2. The zero-order valence-corrected chi connectivity index (χ0v) is 12.7. The zero-order chi connectivity index (χ0) is 17.1. The number of hydrogen-bond donors (Lipinski definition) is 1. The standard InChI is InChI=1S/C16H15N3O5/c20-14-6-1-2-9-18(14)12-5-3-4-11(10-12)17-16(21)13-7-8-15(24-13)19(22)23/h3-5,7-8,10H,1-2,6,9H2,(H,17,21). The molecule has 0 radical (unpaired) electrons. The predicted octanol–water partition coefficient (Wildman–Crippen LogP) is 2.96. The number of nitro groups is 1. The molecule has 1 N–H and O–H groups in total. The number of furan rings is 1. The van der Waals surface area contributed by atoms with E-state index in [0.717, 1.165) is 18.9 Å². The molecule has 8 heteroatoms. The number of rotatable bonds is 4. The van der Waals surface area contributed by atoms with Crippen molar-refractivity contribution in [3.05, 3.63) is 52.3 Å². The van der Waals surface area contributed by atoms with Crippen molar-refractivity contribution in [1.82, 2.24) is 0 Å². The van der Waals surface area contributed by atoms with Gasteiger partial charge in [0, 0.05) is 24.3 Å². The molecule has 0 atom stereocenters. The highest BCUT2D eigenvalue weighted by atomic mass is 16.6. The summed E-state index contributed by atoms with van der Waals surface area (Å²) in [6, 6.07) is 9.27. The topological polar surface area (TPSA) is 106 Å². The SMILES string of the molecule is O=C(Nc1cccc(N2CCCCC2=O)c1)c1ccc([N+](=O)[O-])o1. The fourth-order valence-electron chi connectivity index (χ4n) is 2.57. The molecule has 1 aliphatic rings. The van der Waals surface area contributed by atoms with Crippen molar-refractivity contribution in [2.45, 2.75) is 19.3 Å². The molecule has 1 aromatic carbocycles. The average molecular weight is 329 g/mol. The molecule has 0 aliphatic carbocycles. The van der Waals surface area contributed by atoms with Crippen molar-refractivity contribution in [2.75, 3.05) is 16.8 Å². The van der Waals surface area contributed by atoms with Gasteiger partial charge in [-0.2, -0.15) is 0 Å². The molecule has 1 fully saturated rings. The number of carbonyl (C=O) groups excluding carboxylic acids is 2. The third kappa shape index (κ3) is 3.27. The number of amides is 2. The van der Waals surface area contributed by atoms with E-state index >= 15 is 0 Å². The van der Waals surface area contributed by atoms with Crippen molar-refractivity contribution < 1.29 is 18.9 Å². The molecular formula is C16H15N3O5. The molecule has 1 aliphatic heterocycles. The first-order chi connectivity index (χ1) is 11.5. The first-order valence-electron chi connectivity index (χ1n) is 7.50. The molecule has 2 amide bonds. The molecule has 2 heterocycles.